The number of ether oxygens (including phenoxy) is 3. The second-order valence-electron chi connectivity index (χ2n) is 6.27. The second kappa shape index (κ2) is 11.8. The Morgan fingerprint density at radius 3 is 2.17 bits per heavy atom. The van der Waals surface area contributed by atoms with Crippen molar-refractivity contribution in [2.24, 2.45) is 0 Å². The monoisotopic (exact) mass is 478 g/mol. The molecule has 2 aromatic carbocycles. The predicted molar refractivity (Wildman–Crippen MR) is 113 cm³/mol. The summed E-state index contributed by atoms with van der Waals surface area (Å²) in [6.07, 6.45) is 0.744. The minimum Gasteiger partial charge on any atom is -0.484 e. The highest BCUT2D eigenvalue weighted by Gasteiger charge is 2.10. The molecule has 0 saturated carbocycles. The molecular weight excluding hydrogens is 456 g/mol. The van der Waals surface area contributed by atoms with Crippen LogP contribution in [-0.4, -0.2) is 37.6 Å². The van der Waals surface area contributed by atoms with Crippen molar-refractivity contribution in [3.63, 3.8) is 0 Å². The third kappa shape index (κ3) is 7.75. The van der Waals surface area contributed by atoms with Gasteiger partial charge in [-0.05, 0) is 71.2 Å². The summed E-state index contributed by atoms with van der Waals surface area (Å²) in [5.41, 5.74) is 5.93. The van der Waals surface area contributed by atoms with Crippen molar-refractivity contribution in [1.29, 1.82) is 0 Å². The van der Waals surface area contributed by atoms with Crippen LogP contribution < -0.4 is 20.3 Å². The zero-order chi connectivity index (χ0) is 21.9. The molecule has 0 aliphatic carbocycles. The first-order valence-corrected chi connectivity index (χ1v) is 10.0. The number of hydrazine groups is 1. The fourth-order valence-electron chi connectivity index (χ4n) is 2.19. The number of amides is 2. The van der Waals surface area contributed by atoms with Crippen LogP contribution in [0.2, 0.25) is 0 Å². The highest BCUT2D eigenvalue weighted by Crippen LogP contribution is 2.25. The first kappa shape index (κ1) is 23.2. The molecule has 30 heavy (non-hydrogen) atoms. The van der Waals surface area contributed by atoms with Gasteiger partial charge in [-0.1, -0.05) is 13.0 Å². The van der Waals surface area contributed by atoms with Crippen LogP contribution >= 0.6 is 15.9 Å². The third-order valence-corrected chi connectivity index (χ3v) is 4.30. The van der Waals surface area contributed by atoms with E-state index >= 15 is 0 Å². The fourth-order valence-corrected chi connectivity index (χ4v) is 2.80. The number of hydrogen-bond donors (Lipinski definition) is 2. The minimum absolute atomic E-state index is 0.265. The summed E-state index contributed by atoms with van der Waals surface area (Å²) >= 11 is 3.36. The molecule has 0 heterocycles. The van der Waals surface area contributed by atoms with E-state index in [2.05, 4.69) is 26.8 Å². The smallest absolute Gasteiger partial charge is 0.338 e. The number of halogens is 1. The van der Waals surface area contributed by atoms with Crippen LogP contribution in [0.4, 0.5) is 0 Å². The zero-order valence-electron chi connectivity index (χ0n) is 16.7. The first-order valence-electron chi connectivity index (χ1n) is 9.25. The summed E-state index contributed by atoms with van der Waals surface area (Å²) in [7, 11) is 0. The van der Waals surface area contributed by atoms with Crippen molar-refractivity contribution in [3.8, 4) is 11.5 Å². The molecule has 8 nitrogen and oxygen atoms in total. The summed E-state index contributed by atoms with van der Waals surface area (Å²) in [4.78, 5) is 35.3. The quantitative estimate of drug-likeness (QED) is 0.424. The first-order chi connectivity index (χ1) is 14.4. The molecule has 0 fully saturated rings. The van der Waals surface area contributed by atoms with Crippen LogP contribution in [0.3, 0.4) is 0 Å². The van der Waals surface area contributed by atoms with Crippen LogP contribution in [0.25, 0.3) is 0 Å². The van der Waals surface area contributed by atoms with Gasteiger partial charge in [-0.2, -0.15) is 0 Å². The van der Waals surface area contributed by atoms with E-state index in [1.807, 2.05) is 26.0 Å². The maximum atomic E-state index is 11.8. The maximum Gasteiger partial charge on any atom is 0.338 e. The predicted octanol–water partition coefficient (Wildman–Crippen LogP) is 2.93. The van der Waals surface area contributed by atoms with E-state index in [-0.39, 0.29) is 13.2 Å². The van der Waals surface area contributed by atoms with Crippen LogP contribution in [0.5, 0.6) is 11.5 Å². The number of carbonyl (C=O) groups is 3. The van der Waals surface area contributed by atoms with Gasteiger partial charge in [0.15, 0.2) is 13.2 Å². The zero-order valence-corrected chi connectivity index (χ0v) is 18.3. The van der Waals surface area contributed by atoms with Gasteiger partial charge in [0.2, 0.25) is 0 Å². The van der Waals surface area contributed by atoms with Gasteiger partial charge >= 0.3 is 5.97 Å². The molecule has 2 rings (SSSR count). The summed E-state index contributed by atoms with van der Waals surface area (Å²) in [5, 5.41) is 0. The average molecular weight is 479 g/mol. The molecule has 0 radical (unpaired) electrons. The molecular formula is C21H23BrN2O6. The standard InChI is InChI=1S/C21H23BrN2O6/c1-3-10-28-21(27)15-5-7-16(8-6-15)29-12-19(25)23-24-20(26)13-30-18-9-4-14(2)11-17(18)22/h4-9,11H,3,10,12-13H2,1-2H3,(H,23,25)(H,24,26). The molecule has 9 heteroatoms. The molecule has 0 atom stereocenters. The van der Waals surface area contributed by atoms with Crippen LogP contribution in [0.1, 0.15) is 29.3 Å². The average Bonchev–Trinajstić information content (AvgIpc) is 2.74. The van der Waals surface area contributed by atoms with Crippen LogP contribution in [0, 0.1) is 6.92 Å². The summed E-state index contributed by atoms with van der Waals surface area (Å²) in [5.74, 6) is -0.565. The van der Waals surface area contributed by atoms with E-state index in [0.29, 0.717) is 23.7 Å². The highest BCUT2D eigenvalue weighted by molar-refractivity contribution is 9.10. The Balaban J connectivity index is 1.69. The number of hydrogen-bond acceptors (Lipinski definition) is 6. The van der Waals surface area contributed by atoms with Crippen LogP contribution in [0.15, 0.2) is 46.9 Å². The molecule has 0 aliphatic heterocycles. The van der Waals surface area contributed by atoms with Gasteiger partial charge in [0.25, 0.3) is 11.8 Å². The summed E-state index contributed by atoms with van der Waals surface area (Å²) < 4.78 is 16.5. The van der Waals surface area contributed by atoms with E-state index < -0.39 is 17.8 Å². The molecule has 2 N–H and O–H groups in total. The van der Waals surface area contributed by atoms with E-state index in [1.165, 1.54) is 0 Å². The fraction of sp³-hybridized carbons (Fsp3) is 0.286. The minimum atomic E-state index is -0.550. The maximum absolute atomic E-state index is 11.8. The third-order valence-electron chi connectivity index (χ3n) is 3.68. The molecule has 0 saturated heterocycles. The van der Waals surface area contributed by atoms with Gasteiger partial charge in [0, 0.05) is 0 Å². The van der Waals surface area contributed by atoms with Crippen LogP contribution in [-0.2, 0) is 14.3 Å². The Kier molecular flexibility index (Phi) is 9.14. The van der Waals surface area contributed by atoms with Crippen molar-refractivity contribution in [3.05, 3.63) is 58.1 Å². The topological polar surface area (TPSA) is 103 Å². The lowest BCUT2D eigenvalue weighted by molar-refractivity contribution is -0.131. The molecule has 0 aliphatic rings. The number of carbonyl (C=O) groups excluding carboxylic acids is 3. The Morgan fingerprint density at radius 2 is 1.57 bits per heavy atom. The number of esters is 1. The van der Waals surface area contributed by atoms with E-state index in [0.717, 1.165) is 16.5 Å². The Morgan fingerprint density at radius 1 is 0.933 bits per heavy atom. The van der Waals surface area contributed by atoms with Crippen molar-refractivity contribution >= 4 is 33.7 Å². The Labute approximate surface area is 183 Å². The summed E-state index contributed by atoms with van der Waals surface area (Å²) in [6.45, 7) is 3.63. The Hall–Kier alpha value is -3.07. The van der Waals surface area contributed by atoms with Gasteiger partial charge in [-0.25, -0.2) is 4.79 Å². The number of nitrogens with one attached hydrogen (secondary N) is 2. The van der Waals surface area contributed by atoms with Crippen molar-refractivity contribution in [1.82, 2.24) is 10.9 Å². The van der Waals surface area contributed by atoms with Gasteiger partial charge in [-0.15, -0.1) is 0 Å². The van der Waals surface area contributed by atoms with Gasteiger partial charge in [0.05, 0.1) is 16.6 Å². The summed E-state index contributed by atoms with van der Waals surface area (Å²) in [6, 6.07) is 11.7. The lowest BCUT2D eigenvalue weighted by Crippen LogP contribution is -2.45. The molecule has 160 valence electrons. The lowest BCUT2D eigenvalue weighted by Gasteiger charge is -2.11. The van der Waals surface area contributed by atoms with Gasteiger partial charge < -0.3 is 14.2 Å². The molecule has 0 unspecified atom stereocenters. The normalized spacial score (nSPS) is 10.1. The van der Waals surface area contributed by atoms with Crippen molar-refractivity contribution in [2.75, 3.05) is 19.8 Å². The largest absolute Gasteiger partial charge is 0.484 e. The van der Waals surface area contributed by atoms with Crippen molar-refractivity contribution in [2.45, 2.75) is 20.3 Å². The van der Waals surface area contributed by atoms with E-state index in [1.54, 1.807) is 30.3 Å². The highest BCUT2D eigenvalue weighted by atomic mass is 79.9. The molecule has 0 spiro atoms. The van der Waals surface area contributed by atoms with Crippen molar-refractivity contribution < 1.29 is 28.6 Å². The number of benzene rings is 2. The number of rotatable bonds is 9. The molecule has 0 aromatic heterocycles. The van der Waals surface area contributed by atoms with E-state index in [4.69, 9.17) is 14.2 Å². The number of aryl methyl sites for hydroxylation is 1. The lowest BCUT2D eigenvalue weighted by atomic mass is 10.2. The molecule has 0 bridgehead atoms. The Bertz CT molecular complexity index is 886. The molecule has 2 aromatic rings. The van der Waals surface area contributed by atoms with E-state index in [9.17, 15) is 14.4 Å². The molecule has 2 amide bonds. The van der Waals surface area contributed by atoms with Gasteiger partial charge in [0.1, 0.15) is 11.5 Å². The van der Waals surface area contributed by atoms with Gasteiger partial charge in [-0.3, -0.25) is 20.4 Å². The second-order valence-corrected chi connectivity index (χ2v) is 7.12. The SMILES string of the molecule is CCCOC(=O)c1ccc(OCC(=O)NNC(=O)COc2ccc(C)cc2Br)cc1.